The van der Waals surface area contributed by atoms with Gasteiger partial charge in [0.15, 0.2) is 0 Å². The standard InChI is InChI=1S/C11H22N2O6S/c1-5(15)13-8-10(18)9(17)7(3-14)19-11(8)20-4-6(16)2-12/h6-11,14,16-18H,2-4,12H2,1H3,(H,13,15). The highest BCUT2D eigenvalue weighted by atomic mass is 32.2. The SMILES string of the molecule is CC(=O)NC1C(SCC(O)CN)OC(CO)C(O)C1O. The van der Waals surface area contributed by atoms with Gasteiger partial charge in [0.2, 0.25) is 5.91 Å². The number of aliphatic hydroxyl groups is 4. The highest BCUT2D eigenvalue weighted by molar-refractivity contribution is 7.99. The Balaban J connectivity index is 2.75. The first-order valence-corrected chi connectivity index (χ1v) is 7.34. The van der Waals surface area contributed by atoms with E-state index in [-0.39, 0.29) is 18.2 Å². The Morgan fingerprint density at radius 2 is 2.10 bits per heavy atom. The second-order valence-electron chi connectivity index (χ2n) is 4.66. The number of amides is 1. The number of hydrogen-bond acceptors (Lipinski definition) is 8. The quantitative estimate of drug-likeness (QED) is 0.304. The topological polar surface area (TPSA) is 145 Å². The third-order valence-corrected chi connectivity index (χ3v) is 4.29. The first-order chi connectivity index (χ1) is 9.40. The van der Waals surface area contributed by atoms with Crippen LogP contribution in [-0.2, 0) is 9.53 Å². The smallest absolute Gasteiger partial charge is 0.217 e. The molecule has 1 aliphatic heterocycles. The highest BCUT2D eigenvalue weighted by Gasteiger charge is 2.44. The van der Waals surface area contributed by atoms with E-state index in [2.05, 4.69) is 5.32 Å². The van der Waals surface area contributed by atoms with Crippen LogP contribution in [0.2, 0.25) is 0 Å². The normalized spacial score (nSPS) is 35.6. The number of rotatable bonds is 6. The van der Waals surface area contributed by atoms with Crippen LogP contribution in [0.4, 0.5) is 0 Å². The molecular formula is C11H22N2O6S. The van der Waals surface area contributed by atoms with Gasteiger partial charge in [-0.05, 0) is 0 Å². The zero-order valence-corrected chi connectivity index (χ0v) is 12.0. The van der Waals surface area contributed by atoms with Crippen molar-refractivity contribution in [2.75, 3.05) is 18.9 Å². The van der Waals surface area contributed by atoms with Gasteiger partial charge in [-0.25, -0.2) is 0 Å². The zero-order valence-electron chi connectivity index (χ0n) is 11.2. The third-order valence-electron chi connectivity index (χ3n) is 2.98. The lowest BCUT2D eigenvalue weighted by Crippen LogP contribution is -2.63. The second kappa shape index (κ2) is 8.13. The highest BCUT2D eigenvalue weighted by Crippen LogP contribution is 2.28. The van der Waals surface area contributed by atoms with Crippen LogP contribution >= 0.6 is 11.8 Å². The first-order valence-electron chi connectivity index (χ1n) is 6.30. The summed E-state index contributed by atoms with van der Waals surface area (Å²) in [6.07, 6.45) is -4.24. The summed E-state index contributed by atoms with van der Waals surface area (Å²) in [5.41, 5.74) is 4.60. The number of aliphatic hydroxyl groups excluding tert-OH is 4. The van der Waals surface area contributed by atoms with E-state index in [1.54, 1.807) is 0 Å². The van der Waals surface area contributed by atoms with Crippen molar-refractivity contribution in [3.05, 3.63) is 0 Å². The van der Waals surface area contributed by atoms with E-state index in [9.17, 15) is 20.1 Å². The summed E-state index contributed by atoms with van der Waals surface area (Å²) in [7, 11) is 0. The van der Waals surface area contributed by atoms with Gasteiger partial charge in [0.25, 0.3) is 0 Å². The molecule has 1 saturated heterocycles. The fraction of sp³-hybridized carbons (Fsp3) is 0.909. The number of ether oxygens (including phenoxy) is 1. The van der Waals surface area contributed by atoms with Crippen molar-refractivity contribution in [2.45, 2.75) is 42.8 Å². The van der Waals surface area contributed by atoms with Crippen LogP contribution in [-0.4, -0.2) is 81.1 Å². The molecule has 9 heteroatoms. The average molecular weight is 310 g/mol. The predicted molar refractivity (Wildman–Crippen MR) is 72.9 cm³/mol. The minimum Gasteiger partial charge on any atom is -0.394 e. The van der Waals surface area contributed by atoms with Crippen molar-refractivity contribution in [2.24, 2.45) is 5.73 Å². The Morgan fingerprint density at radius 1 is 1.45 bits per heavy atom. The lowest BCUT2D eigenvalue weighted by atomic mass is 9.98. The van der Waals surface area contributed by atoms with Crippen LogP contribution in [0.15, 0.2) is 0 Å². The van der Waals surface area contributed by atoms with E-state index < -0.39 is 42.5 Å². The molecule has 1 heterocycles. The summed E-state index contributed by atoms with van der Waals surface area (Å²) in [6.45, 7) is 0.911. The molecule has 20 heavy (non-hydrogen) atoms. The van der Waals surface area contributed by atoms with Gasteiger partial charge >= 0.3 is 0 Å². The molecule has 0 spiro atoms. The Labute approximate surface area is 121 Å². The summed E-state index contributed by atoms with van der Waals surface area (Å²) in [6, 6.07) is -0.833. The van der Waals surface area contributed by atoms with Crippen LogP contribution in [0, 0.1) is 0 Å². The third kappa shape index (κ3) is 4.55. The summed E-state index contributed by atoms with van der Waals surface area (Å²) in [4.78, 5) is 11.2. The Kier molecular flexibility index (Phi) is 7.17. The molecule has 1 amide bonds. The molecule has 0 radical (unpaired) electrons. The van der Waals surface area contributed by atoms with Gasteiger partial charge in [-0.3, -0.25) is 4.79 Å². The maximum Gasteiger partial charge on any atom is 0.217 e. The van der Waals surface area contributed by atoms with Gasteiger partial charge < -0.3 is 36.2 Å². The van der Waals surface area contributed by atoms with E-state index in [1.165, 1.54) is 6.92 Å². The molecule has 7 N–H and O–H groups in total. The molecule has 0 aromatic rings. The molecule has 8 nitrogen and oxygen atoms in total. The molecule has 6 atom stereocenters. The Hall–Kier alpha value is -0.420. The fourth-order valence-corrected chi connectivity index (χ4v) is 3.09. The van der Waals surface area contributed by atoms with Crippen molar-refractivity contribution in [1.29, 1.82) is 0 Å². The molecule has 1 rings (SSSR count). The number of thioether (sulfide) groups is 1. The lowest BCUT2D eigenvalue weighted by Gasteiger charge is -2.42. The van der Waals surface area contributed by atoms with Crippen molar-refractivity contribution in [1.82, 2.24) is 5.32 Å². The summed E-state index contributed by atoms with van der Waals surface area (Å²) in [5.74, 6) is -0.129. The molecular weight excluding hydrogens is 288 g/mol. The molecule has 0 bridgehead atoms. The monoisotopic (exact) mass is 310 g/mol. The van der Waals surface area contributed by atoms with Gasteiger partial charge in [-0.1, -0.05) is 0 Å². The molecule has 0 saturated carbocycles. The van der Waals surface area contributed by atoms with Crippen LogP contribution in [0.5, 0.6) is 0 Å². The lowest BCUT2D eigenvalue weighted by molar-refractivity contribution is -0.173. The summed E-state index contributed by atoms with van der Waals surface area (Å²) >= 11 is 1.16. The molecule has 6 unspecified atom stereocenters. The van der Waals surface area contributed by atoms with E-state index in [0.717, 1.165) is 11.8 Å². The largest absolute Gasteiger partial charge is 0.394 e. The zero-order chi connectivity index (χ0) is 15.3. The summed E-state index contributed by atoms with van der Waals surface area (Å²) in [5, 5.41) is 40.9. The van der Waals surface area contributed by atoms with E-state index in [4.69, 9.17) is 15.6 Å². The first kappa shape index (κ1) is 17.6. The van der Waals surface area contributed by atoms with E-state index in [0.29, 0.717) is 0 Å². The molecule has 1 aliphatic rings. The average Bonchev–Trinajstić information content (AvgIpc) is 2.42. The van der Waals surface area contributed by atoms with Gasteiger partial charge in [0.05, 0.1) is 18.8 Å². The van der Waals surface area contributed by atoms with Crippen LogP contribution < -0.4 is 11.1 Å². The Bertz CT molecular complexity index is 321. The second-order valence-corrected chi connectivity index (χ2v) is 5.79. The molecule has 0 aliphatic carbocycles. The van der Waals surface area contributed by atoms with Gasteiger partial charge in [-0.2, -0.15) is 0 Å². The van der Waals surface area contributed by atoms with Crippen LogP contribution in [0.3, 0.4) is 0 Å². The fourth-order valence-electron chi connectivity index (χ4n) is 1.89. The molecule has 0 aromatic carbocycles. The minimum absolute atomic E-state index is 0.0825. The van der Waals surface area contributed by atoms with E-state index in [1.807, 2.05) is 0 Å². The molecule has 1 fully saturated rings. The van der Waals surface area contributed by atoms with Gasteiger partial charge in [0, 0.05) is 19.2 Å². The number of hydrogen-bond donors (Lipinski definition) is 6. The molecule has 118 valence electrons. The maximum absolute atomic E-state index is 11.2. The number of nitrogens with one attached hydrogen (secondary N) is 1. The maximum atomic E-state index is 11.2. The van der Waals surface area contributed by atoms with Crippen molar-refractivity contribution < 1.29 is 30.0 Å². The van der Waals surface area contributed by atoms with E-state index >= 15 is 0 Å². The number of carbonyl (C=O) groups excluding carboxylic acids is 1. The molecule has 0 aromatic heterocycles. The Morgan fingerprint density at radius 3 is 2.60 bits per heavy atom. The van der Waals surface area contributed by atoms with Crippen molar-refractivity contribution in [3.63, 3.8) is 0 Å². The van der Waals surface area contributed by atoms with Crippen LogP contribution in [0.1, 0.15) is 6.92 Å². The predicted octanol–water partition coefficient (Wildman–Crippen LogP) is -3.02. The minimum atomic E-state index is -1.30. The van der Waals surface area contributed by atoms with Crippen molar-refractivity contribution >= 4 is 17.7 Å². The van der Waals surface area contributed by atoms with Crippen LogP contribution in [0.25, 0.3) is 0 Å². The van der Waals surface area contributed by atoms with Gasteiger partial charge in [-0.15, -0.1) is 11.8 Å². The van der Waals surface area contributed by atoms with Crippen molar-refractivity contribution in [3.8, 4) is 0 Å². The number of carbonyl (C=O) groups is 1. The van der Waals surface area contributed by atoms with Gasteiger partial charge in [0.1, 0.15) is 23.7 Å². The number of nitrogens with two attached hydrogens (primary N) is 1. The summed E-state index contributed by atoms with van der Waals surface area (Å²) < 4.78 is 5.46.